The number of rotatable bonds is 6. The Labute approximate surface area is 109 Å². The molecule has 0 aliphatic carbocycles. The van der Waals surface area contributed by atoms with Crippen LogP contribution in [0.5, 0.6) is 0 Å². The molecule has 17 heavy (non-hydrogen) atoms. The van der Waals surface area contributed by atoms with E-state index in [0.717, 1.165) is 18.1 Å². The maximum Gasteiger partial charge on any atom is 0.185 e. The summed E-state index contributed by atoms with van der Waals surface area (Å²) in [4.78, 5) is 8.09. The van der Waals surface area contributed by atoms with Gasteiger partial charge in [0.25, 0.3) is 0 Å². The van der Waals surface area contributed by atoms with Crippen LogP contribution in [0.1, 0.15) is 45.9 Å². The van der Waals surface area contributed by atoms with E-state index in [1.807, 2.05) is 6.20 Å². The van der Waals surface area contributed by atoms with Gasteiger partial charge in [0.2, 0.25) is 0 Å². The minimum Gasteiger partial charge on any atom is -0.346 e. The molecule has 0 radical (unpaired) electrons. The fraction of sp³-hybridized carbons (Fsp3) is 0.769. The van der Waals surface area contributed by atoms with Crippen LogP contribution < -0.4 is 10.2 Å². The van der Waals surface area contributed by atoms with Gasteiger partial charge in [-0.25, -0.2) is 4.98 Å². The van der Waals surface area contributed by atoms with Gasteiger partial charge in [0.1, 0.15) is 0 Å². The van der Waals surface area contributed by atoms with E-state index in [0.29, 0.717) is 6.04 Å². The lowest BCUT2D eigenvalue weighted by molar-refractivity contribution is 0.470. The van der Waals surface area contributed by atoms with E-state index in [9.17, 15) is 0 Å². The van der Waals surface area contributed by atoms with E-state index in [2.05, 4.69) is 56.9 Å². The third kappa shape index (κ3) is 3.96. The molecule has 3 nitrogen and oxygen atoms in total. The number of anilines is 1. The van der Waals surface area contributed by atoms with Gasteiger partial charge in [-0.3, -0.25) is 0 Å². The molecule has 0 aliphatic heterocycles. The molecule has 0 saturated carbocycles. The van der Waals surface area contributed by atoms with Crippen molar-refractivity contribution in [3.63, 3.8) is 0 Å². The molecule has 0 aliphatic rings. The normalized spacial score (nSPS) is 12.2. The van der Waals surface area contributed by atoms with Crippen LogP contribution in [-0.2, 0) is 6.54 Å². The molecule has 0 spiro atoms. The second-order valence-electron chi connectivity index (χ2n) is 5.37. The molecule has 0 saturated heterocycles. The highest BCUT2D eigenvalue weighted by Crippen LogP contribution is 2.28. The van der Waals surface area contributed by atoms with Gasteiger partial charge in [-0.1, -0.05) is 20.8 Å². The van der Waals surface area contributed by atoms with Crippen LogP contribution >= 0.6 is 11.3 Å². The van der Waals surface area contributed by atoms with E-state index in [4.69, 9.17) is 0 Å². The minimum absolute atomic E-state index is 0.167. The Morgan fingerprint density at radius 3 is 2.65 bits per heavy atom. The standard InChI is InChI=1S/C13H25N3S/c1-7-13(4,5)16(6)12-15-9-11(17-12)8-14-10(2)3/h9-10,14H,7-8H2,1-6H3. The Kier molecular flexibility index (Phi) is 4.95. The summed E-state index contributed by atoms with van der Waals surface area (Å²) < 4.78 is 0. The zero-order chi connectivity index (χ0) is 13.1. The molecule has 1 N–H and O–H groups in total. The number of nitrogens with one attached hydrogen (secondary N) is 1. The SMILES string of the molecule is CCC(C)(C)N(C)c1ncc(CNC(C)C)s1. The largest absolute Gasteiger partial charge is 0.346 e. The predicted molar refractivity (Wildman–Crippen MR) is 76.9 cm³/mol. The predicted octanol–water partition coefficient (Wildman–Crippen LogP) is 3.27. The van der Waals surface area contributed by atoms with Crippen LogP contribution in [0, 0.1) is 0 Å². The highest BCUT2D eigenvalue weighted by molar-refractivity contribution is 7.15. The number of nitrogens with zero attached hydrogens (tertiary/aromatic N) is 2. The van der Waals surface area contributed by atoms with Gasteiger partial charge in [-0.15, -0.1) is 11.3 Å². The molecular formula is C13H25N3S. The van der Waals surface area contributed by atoms with Crippen molar-refractivity contribution in [3.8, 4) is 0 Å². The lowest BCUT2D eigenvalue weighted by Gasteiger charge is -2.34. The summed E-state index contributed by atoms with van der Waals surface area (Å²) in [5.41, 5.74) is 0.167. The molecule has 1 aromatic rings. The highest BCUT2D eigenvalue weighted by Gasteiger charge is 2.23. The molecule has 0 atom stereocenters. The van der Waals surface area contributed by atoms with Gasteiger partial charge in [-0.05, 0) is 20.3 Å². The number of hydrogen-bond donors (Lipinski definition) is 1. The van der Waals surface area contributed by atoms with Crippen LogP contribution in [0.15, 0.2) is 6.20 Å². The molecule has 4 heteroatoms. The number of aromatic nitrogens is 1. The third-order valence-electron chi connectivity index (χ3n) is 3.29. The van der Waals surface area contributed by atoms with Crippen molar-refractivity contribution < 1.29 is 0 Å². The first-order valence-electron chi connectivity index (χ1n) is 6.28. The van der Waals surface area contributed by atoms with Crippen LogP contribution in [0.3, 0.4) is 0 Å². The summed E-state index contributed by atoms with van der Waals surface area (Å²) in [7, 11) is 2.13. The molecular weight excluding hydrogens is 230 g/mol. The van der Waals surface area contributed by atoms with E-state index in [-0.39, 0.29) is 5.54 Å². The summed E-state index contributed by atoms with van der Waals surface area (Å²) in [6, 6.07) is 0.519. The fourth-order valence-electron chi connectivity index (χ4n) is 1.33. The van der Waals surface area contributed by atoms with Crippen molar-refractivity contribution in [1.29, 1.82) is 0 Å². The van der Waals surface area contributed by atoms with Gasteiger partial charge in [0.05, 0.1) is 0 Å². The number of thiazole rings is 1. The molecule has 0 unspecified atom stereocenters. The van der Waals surface area contributed by atoms with Crippen LogP contribution in [0.2, 0.25) is 0 Å². The van der Waals surface area contributed by atoms with Crippen molar-refractivity contribution in [1.82, 2.24) is 10.3 Å². The first-order chi connectivity index (χ1) is 7.86. The first-order valence-corrected chi connectivity index (χ1v) is 7.10. The van der Waals surface area contributed by atoms with Gasteiger partial charge < -0.3 is 10.2 Å². The lowest BCUT2D eigenvalue weighted by Crippen LogP contribution is -2.40. The zero-order valence-corrected chi connectivity index (χ0v) is 12.7. The topological polar surface area (TPSA) is 28.2 Å². The van der Waals surface area contributed by atoms with Crippen LogP contribution in [-0.4, -0.2) is 23.6 Å². The lowest BCUT2D eigenvalue weighted by atomic mass is 10.0. The molecule has 1 rings (SSSR count). The van der Waals surface area contributed by atoms with Crippen molar-refractivity contribution in [2.45, 2.75) is 59.2 Å². The smallest absolute Gasteiger partial charge is 0.185 e. The van der Waals surface area contributed by atoms with E-state index < -0.39 is 0 Å². The maximum atomic E-state index is 4.51. The molecule has 1 aromatic heterocycles. The molecule has 98 valence electrons. The third-order valence-corrected chi connectivity index (χ3v) is 4.36. The van der Waals surface area contributed by atoms with Crippen LogP contribution in [0.4, 0.5) is 5.13 Å². The second kappa shape index (κ2) is 5.83. The molecule has 0 fully saturated rings. The van der Waals surface area contributed by atoms with Crippen molar-refractivity contribution in [3.05, 3.63) is 11.1 Å². The first kappa shape index (κ1) is 14.5. The Bertz CT molecular complexity index is 344. The van der Waals surface area contributed by atoms with Gasteiger partial charge in [0, 0.05) is 36.2 Å². The highest BCUT2D eigenvalue weighted by atomic mass is 32.1. The maximum absolute atomic E-state index is 4.51. The Morgan fingerprint density at radius 2 is 2.12 bits per heavy atom. The van der Waals surface area contributed by atoms with E-state index in [1.165, 1.54) is 4.88 Å². The molecule has 1 heterocycles. The fourth-order valence-corrected chi connectivity index (χ4v) is 2.32. The summed E-state index contributed by atoms with van der Waals surface area (Å²) in [6.07, 6.45) is 3.10. The molecule has 0 aromatic carbocycles. The van der Waals surface area contributed by atoms with E-state index in [1.54, 1.807) is 11.3 Å². The van der Waals surface area contributed by atoms with E-state index >= 15 is 0 Å². The Morgan fingerprint density at radius 1 is 1.47 bits per heavy atom. The van der Waals surface area contributed by atoms with Crippen molar-refractivity contribution in [2.75, 3.05) is 11.9 Å². The Hall–Kier alpha value is -0.610. The average Bonchev–Trinajstić information content (AvgIpc) is 2.73. The Balaban J connectivity index is 2.67. The summed E-state index contributed by atoms with van der Waals surface area (Å²) in [5, 5.41) is 4.53. The average molecular weight is 255 g/mol. The second-order valence-corrected chi connectivity index (χ2v) is 6.46. The van der Waals surface area contributed by atoms with Crippen LogP contribution in [0.25, 0.3) is 0 Å². The van der Waals surface area contributed by atoms with Gasteiger partial charge in [-0.2, -0.15) is 0 Å². The minimum atomic E-state index is 0.167. The van der Waals surface area contributed by atoms with Gasteiger partial charge in [0.15, 0.2) is 5.13 Å². The summed E-state index contributed by atoms with van der Waals surface area (Å²) >= 11 is 1.78. The number of hydrogen-bond acceptors (Lipinski definition) is 4. The quantitative estimate of drug-likeness (QED) is 0.845. The van der Waals surface area contributed by atoms with Crippen molar-refractivity contribution in [2.24, 2.45) is 0 Å². The summed E-state index contributed by atoms with van der Waals surface area (Å²) in [5.74, 6) is 0. The monoisotopic (exact) mass is 255 g/mol. The van der Waals surface area contributed by atoms with Crippen molar-refractivity contribution >= 4 is 16.5 Å². The molecule has 0 bridgehead atoms. The molecule has 0 amide bonds. The van der Waals surface area contributed by atoms with Gasteiger partial charge >= 0.3 is 0 Å². The zero-order valence-electron chi connectivity index (χ0n) is 11.9. The summed E-state index contributed by atoms with van der Waals surface area (Å²) in [6.45, 7) is 11.9.